The summed E-state index contributed by atoms with van der Waals surface area (Å²) in [5.74, 6) is -0.741. The molecule has 0 aliphatic heterocycles. The molecule has 7 heteroatoms. The van der Waals surface area contributed by atoms with E-state index in [9.17, 15) is 9.90 Å². The topological polar surface area (TPSA) is 68.1 Å². The van der Waals surface area contributed by atoms with Crippen molar-refractivity contribution in [3.05, 3.63) is 63.6 Å². The lowest BCUT2D eigenvalue weighted by atomic mass is 10.0. The fourth-order valence-corrected chi connectivity index (χ4v) is 2.38. The monoisotopic (exact) mass is 353 g/mol. The number of nitrogens with zero attached hydrogens (tertiary/aromatic N) is 1. The highest BCUT2D eigenvalue weighted by molar-refractivity contribution is 6.42. The van der Waals surface area contributed by atoms with Gasteiger partial charge in [0.2, 0.25) is 0 Å². The number of oxime groups is 1. The van der Waals surface area contributed by atoms with E-state index in [-0.39, 0.29) is 12.3 Å². The lowest BCUT2D eigenvalue weighted by Crippen LogP contribution is -2.17. The average Bonchev–Trinajstić information content (AvgIpc) is 2.52. The molecule has 0 radical (unpaired) electrons. The Kier molecular flexibility index (Phi) is 5.84. The van der Waals surface area contributed by atoms with Gasteiger partial charge in [-0.3, -0.25) is 0 Å². The maximum Gasteiger partial charge on any atom is 0.358 e. The first-order valence-corrected chi connectivity index (χ1v) is 7.29. The van der Waals surface area contributed by atoms with E-state index in [4.69, 9.17) is 27.9 Å². The number of rotatable bonds is 6. The minimum absolute atomic E-state index is 0.119. The van der Waals surface area contributed by atoms with Crippen molar-refractivity contribution < 1.29 is 19.5 Å². The van der Waals surface area contributed by atoms with Crippen LogP contribution in [0.2, 0.25) is 10.0 Å². The van der Waals surface area contributed by atoms with E-state index in [0.29, 0.717) is 26.9 Å². The lowest BCUT2D eigenvalue weighted by molar-refractivity contribution is -0.129. The zero-order valence-corrected chi connectivity index (χ0v) is 13.6. The summed E-state index contributed by atoms with van der Waals surface area (Å²) in [4.78, 5) is 15.9. The van der Waals surface area contributed by atoms with Crippen molar-refractivity contribution in [3.63, 3.8) is 0 Å². The van der Waals surface area contributed by atoms with Gasteiger partial charge < -0.3 is 14.7 Å². The van der Waals surface area contributed by atoms with Gasteiger partial charge in [0.15, 0.2) is 5.71 Å². The molecule has 2 aromatic rings. The second kappa shape index (κ2) is 7.85. The standard InChI is InChI=1S/C16H13Cl2NO4/c1-22-19-15(16(20)21)12-5-3-2-4-10(12)9-23-14-7-6-11(17)8-13(14)18/h2-8H,9H2,1H3,(H,20,21)/b19-15+. The van der Waals surface area contributed by atoms with Gasteiger partial charge in [-0.2, -0.15) is 0 Å². The van der Waals surface area contributed by atoms with Crippen molar-refractivity contribution in [2.75, 3.05) is 7.11 Å². The second-order valence-electron chi connectivity index (χ2n) is 4.45. The number of aliphatic carboxylic acids is 1. The maximum absolute atomic E-state index is 11.3. The molecule has 120 valence electrons. The number of carbonyl (C=O) groups is 1. The van der Waals surface area contributed by atoms with E-state index in [1.165, 1.54) is 7.11 Å². The van der Waals surface area contributed by atoms with Crippen LogP contribution in [0.3, 0.4) is 0 Å². The molecule has 0 bridgehead atoms. The van der Waals surface area contributed by atoms with Crippen LogP contribution >= 0.6 is 23.2 Å². The molecule has 0 fully saturated rings. The molecule has 0 aliphatic carbocycles. The van der Waals surface area contributed by atoms with Crippen molar-refractivity contribution >= 4 is 34.9 Å². The van der Waals surface area contributed by atoms with Crippen molar-refractivity contribution in [3.8, 4) is 5.75 Å². The molecule has 0 heterocycles. The van der Waals surface area contributed by atoms with E-state index in [0.717, 1.165) is 0 Å². The number of benzene rings is 2. The summed E-state index contributed by atoms with van der Waals surface area (Å²) < 4.78 is 5.65. The van der Waals surface area contributed by atoms with Crippen LogP contribution in [0, 0.1) is 0 Å². The molecule has 0 spiro atoms. The number of hydrogen-bond donors (Lipinski definition) is 1. The smallest absolute Gasteiger partial charge is 0.358 e. The van der Waals surface area contributed by atoms with Gasteiger partial charge in [0, 0.05) is 10.6 Å². The molecule has 0 amide bonds. The predicted octanol–water partition coefficient (Wildman–Crippen LogP) is 4.01. The van der Waals surface area contributed by atoms with E-state index in [2.05, 4.69) is 9.99 Å². The largest absolute Gasteiger partial charge is 0.487 e. The summed E-state index contributed by atoms with van der Waals surface area (Å²) in [6.45, 7) is 0.119. The Morgan fingerprint density at radius 1 is 1.22 bits per heavy atom. The molecule has 0 unspecified atom stereocenters. The van der Waals surface area contributed by atoms with Crippen LogP contribution < -0.4 is 4.74 Å². The molecule has 0 saturated carbocycles. The SMILES string of the molecule is CO/N=C(/C(=O)O)c1ccccc1COc1ccc(Cl)cc1Cl. The van der Waals surface area contributed by atoms with Gasteiger partial charge >= 0.3 is 5.97 Å². The highest BCUT2D eigenvalue weighted by Crippen LogP contribution is 2.28. The summed E-state index contributed by atoms with van der Waals surface area (Å²) in [6.07, 6.45) is 0. The Bertz CT molecular complexity index is 747. The zero-order chi connectivity index (χ0) is 16.8. The van der Waals surface area contributed by atoms with Gasteiger partial charge in [-0.1, -0.05) is 52.6 Å². The quantitative estimate of drug-likeness (QED) is 0.629. The fourth-order valence-electron chi connectivity index (χ4n) is 1.92. The van der Waals surface area contributed by atoms with Crippen molar-refractivity contribution in [1.29, 1.82) is 0 Å². The molecule has 0 saturated heterocycles. The first-order chi connectivity index (χ1) is 11.0. The minimum Gasteiger partial charge on any atom is -0.487 e. The predicted molar refractivity (Wildman–Crippen MR) is 88.4 cm³/mol. The summed E-state index contributed by atoms with van der Waals surface area (Å²) in [5.41, 5.74) is 0.845. The Morgan fingerprint density at radius 2 is 1.96 bits per heavy atom. The fraction of sp³-hybridized carbons (Fsp3) is 0.125. The molecule has 1 N–H and O–H groups in total. The van der Waals surface area contributed by atoms with Crippen LogP contribution in [0.4, 0.5) is 0 Å². The third-order valence-electron chi connectivity index (χ3n) is 2.93. The number of hydrogen-bond acceptors (Lipinski definition) is 4. The average molecular weight is 354 g/mol. The van der Waals surface area contributed by atoms with Gasteiger partial charge in [0.05, 0.1) is 5.02 Å². The highest BCUT2D eigenvalue weighted by atomic mass is 35.5. The summed E-state index contributed by atoms with van der Waals surface area (Å²) in [7, 11) is 1.29. The Labute approximate surface area is 143 Å². The van der Waals surface area contributed by atoms with E-state index in [1.807, 2.05) is 0 Å². The van der Waals surface area contributed by atoms with Crippen LogP contribution in [0.1, 0.15) is 11.1 Å². The number of ether oxygens (including phenoxy) is 1. The first-order valence-electron chi connectivity index (χ1n) is 6.53. The molecule has 0 aromatic heterocycles. The Balaban J connectivity index is 2.27. The lowest BCUT2D eigenvalue weighted by Gasteiger charge is -2.12. The minimum atomic E-state index is -1.19. The van der Waals surface area contributed by atoms with Crippen LogP contribution in [0.15, 0.2) is 47.6 Å². The highest BCUT2D eigenvalue weighted by Gasteiger charge is 2.17. The van der Waals surface area contributed by atoms with Gasteiger partial charge in [0.25, 0.3) is 0 Å². The summed E-state index contributed by atoms with van der Waals surface area (Å²) in [6, 6.07) is 11.7. The zero-order valence-electron chi connectivity index (χ0n) is 12.1. The van der Waals surface area contributed by atoms with E-state index in [1.54, 1.807) is 42.5 Å². The molecule has 0 atom stereocenters. The first kappa shape index (κ1) is 17.1. The van der Waals surface area contributed by atoms with E-state index < -0.39 is 5.97 Å². The molecule has 2 rings (SSSR count). The number of carboxylic acids is 1. The molecule has 5 nitrogen and oxygen atoms in total. The number of halogens is 2. The van der Waals surface area contributed by atoms with Crippen molar-refractivity contribution in [1.82, 2.24) is 0 Å². The van der Waals surface area contributed by atoms with Crippen LogP contribution in [0.5, 0.6) is 5.75 Å². The van der Waals surface area contributed by atoms with Gasteiger partial charge in [-0.05, 0) is 23.8 Å². The molecular weight excluding hydrogens is 341 g/mol. The normalized spacial score (nSPS) is 11.2. The molecular formula is C16H13Cl2NO4. The van der Waals surface area contributed by atoms with Gasteiger partial charge in [-0.15, -0.1) is 0 Å². The third-order valence-corrected chi connectivity index (χ3v) is 3.47. The van der Waals surface area contributed by atoms with Crippen molar-refractivity contribution in [2.24, 2.45) is 5.16 Å². The third kappa shape index (κ3) is 4.37. The Morgan fingerprint density at radius 3 is 2.61 bits per heavy atom. The van der Waals surface area contributed by atoms with Crippen molar-refractivity contribution in [2.45, 2.75) is 6.61 Å². The summed E-state index contributed by atoms with van der Waals surface area (Å²) >= 11 is 11.9. The van der Waals surface area contributed by atoms with Gasteiger partial charge in [-0.25, -0.2) is 4.79 Å². The second-order valence-corrected chi connectivity index (χ2v) is 5.29. The summed E-state index contributed by atoms with van der Waals surface area (Å²) in [5, 5.41) is 13.7. The Hall–Kier alpha value is -2.24. The van der Waals surface area contributed by atoms with E-state index >= 15 is 0 Å². The maximum atomic E-state index is 11.3. The van der Waals surface area contributed by atoms with Gasteiger partial charge in [0.1, 0.15) is 19.5 Å². The molecule has 2 aromatic carbocycles. The van der Waals surface area contributed by atoms with Crippen LogP contribution in [0.25, 0.3) is 0 Å². The number of carboxylic acid groups (broad SMARTS) is 1. The van der Waals surface area contributed by atoms with Crippen LogP contribution in [-0.4, -0.2) is 23.9 Å². The molecule has 0 aliphatic rings. The molecule has 23 heavy (non-hydrogen) atoms. The van der Waals surface area contributed by atoms with Crippen LogP contribution in [-0.2, 0) is 16.2 Å².